The number of hydrogen-bond acceptors (Lipinski definition) is 5. The Morgan fingerprint density at radius 3 is 2.54 bits per heavy atom. The topological polar surface area (TPSA) is 89.6 Å². The van der Waals surface area contributed by atoms with Gasteiger partial charge in [0.2, 0.25) is 5.91 Å². The van der Waals surface area contributed by atoms with Crippen LogP contribution in [-0.4, -0.2) is 28.7 Å². The van der Waals surface area contributed by atoms with Gasteiger partial charge in [0.25, 0.3) is 5.91 Å². The molecule has 4 aromatic rings. The predicted molar refractivity (Wildman–Crippen MR) is 131 cm³/mol. The Kier molecular flexibility index (Phi) is 6.10. The zero-order valence-corrected chi connectivity index (χ0v) is 19.7. The Labute approximate surface area is 203 Å². The van der Waals surface area contributed by atoms with Crippen LogP contribution in [0, 0.1) is 6.92 Å². The normalized spacial score (nSPS) is 13.0. The lowest BCUT2D eigenvalue weighted by Gasteiger charge is -2.27. The molecule has 2 aromatic carbocycles. The number of rotatable bonds is 7. The Morgan fingerprint density at radius 2 is 1.86 bits per heavy atom. The summed E-state index contributed by atoms with van der Waals surface area (Å²) in [5.41, 5.74) is 3.24. The van der Waals surface area contributed by atoms with Crippen LogP contribution in [0.15, 0.2) is 71.1 Å². The number of nitrogens with one attached hydrogen (secondary N) is 1. The largest absolute Gasteiger partial charge is 0.497 e. The Hall–Kier alpha value is -4.33. The third-order valence-electron chi connectivity index (χ3n) is 6.04. The fourth-order valence-corrected chi connectivity index (χ4v) is 4.12. The lowest BCUT2D eigenvalue weighted by atomic mass is 10.1. The van der Waals surface area contributed by atoms with Gasteiger partial charge in [-0.15, -0.1) is 0 Å². The number of anilines is 1. The number of aryl methyl sites for hydroxylation is 2. The predicted octanol–water partition coefficient (Wildman–Crippen LogP) is 4.33. The molecule has 0 saturated carbocycles. The molecule has 8 nitrogen and oxygen atoms in total. The molecule has 1 aliphatic heterocycles. The number of carbonyl (C=O) groups excluding carboxylic acids is 2. The number of aromatic nitrogens is 2. The van der Waals surface area contributed by atoms with Crippen LogP contribution in [0.2, 0.25) is 0 Å². The highest BCUT2D eigenvalue weighted by atomic mass is 16.5. The maximum atomic E-state index is 12.8. The summed E-state index contributed by atoms with van der Waals surface area (Å²) >= 11 is 0. The summed E-state index contributed by atoms with van der Waals surface area (Å²) in [4.78, 5) is 27.0. The van der Waals surface area contributed by atoms with Crippen molar-refractivity contribution in [1.29, 1.82) is 0 Å². The van der Waals surface area contributed by atoms with Gasteiger partial charge in [-0.1, -0.05) is 12.1 Å². The molecular weight excluding hydrogens is 444 g/mol. The van der Waals surface area contributed by atoms with Gasteiger partial charge in [-0.2, -0.15) is 5.10 Å². The molecule has 0 bridgehead atoms. The maximum Gasteiger partial charge on any atom is 0.251 e. The lowest BCUT2D eigenvalue weighted by Crippen LogP contribution is -2.36. The fraction of sp³-hybridized carbons (Fsp3) is 0.222. The molecule has 0 saturated heterocycles. The summed E-state index contributed by atoms with van der Waals surface area (Å²) in [7, 11) is 1.63. The van der Waals surface area contributed by atoms with Crippen molar-refractivity contribution in [2.45, 2.75) is 33.0 Å². The van der Waals surface area contributed by atoms with E-state index in [0.717, 1.165) is 34.1 Å². The molecule has 2 amide bonds. The van der Waals surface area contributed by atoms with E-state index in [1.54, 1.807) is 24.1 Å². The smallest absolute Gasteiger partial charge is 0.251 e. The molecule has 178 valence electrons. The maximum absolute atomic E-state index is 12.8. The summed E-state index contributed by atoms with van der Waals surface area (Å²) in [6.07, 6.45) is 0.392. The first-order chi connectivity index (χ1) is 17.0. The van der Waals surface area contributed by atoms with E-state index in [4.69, 9.17) is 14.3 Å². The first kappa shape index (κ1) is 22.5. The standard InChI is InChI=1S/C27H26N4O4/c1-18-3-10-23(35-18)16-28-27(33)21-6-4-19(5-7-21)17-30-25-15-24(29-31(25)14-13-26(30)32)20-8-11-22(34-2)12-9-20/h3-12,15H,13-14,16-17H2,1-2H3,(H,28,33). The first-order valence-corrected chi connectivity index (χ1v) is 11.5. The van der Waals surface area contributed by atoms with Crippen LogP contribution in [0.4, 0.5) is 5.82 Å². The zero-order chi connectivity index (χ0) is 24.4. The van der Waals surface area contributed by atoms with E-state index in [9.17, 15) is 9.59 Å². The highest BCUT2D eigenvalue weighted by Crippen LogP contribution is 2.30. The molecule has 1 aliphatic rings. The van der Waals surface area contributed by atoms with Gasteiger partial charge in [0.1, 0.15) is 23.1 Å². The van der Waals surface area contributed by atoms with Gasteiger partial charge in [0.05, 0.1) is 32.4 Å². The number of fused-ring (bicyclic) bond motifs is 1. The molecule has 5 rings (SSSR count). The van der Waals surface area contributed by atoms with Crippen LogP contribution in [0.5, 0.6) is 5.75 Å². The molecular formula is C27H26N4O4. The van der Waals surface area contributed by atoms with Gasteiger partial charge in [-0.3, -0.25) is 14.5 Å². The Balaban J connectivity index is 1.28. The summed E-state index contributed by atoms with van der Waals surface area (Å²) in [6, 6.07) is 20.6. The van der Waals surface area contributed by atoms with Gasteiger partial charge in [-0.25, -0.2) is 4.68 Å². The number of carbonyl (C=O) groups is 2. The quantitative estimate of drug-likeness (QED) is 0.434. The Bertz CT molecular complexity index is 1350. The molecule has 0 aliphatic carbocycles. The molecule has 0 unspecified atom stereocenters. The van der Waals surface area contributed by atoms with Crippen molar-refractivity contribution >= 4 is 17.6 Å². The second-order valence-electron chi connectivity index (χ2n) is 8.46. The van der Waals surface area contributed by atoms with Crippen molar-refractivity contribution in [3.05, 3.63) is 89.4 Å². The summed E-state index contributed by atoms with van der Waals surface area (Å²) in [5.74, 6) is 2.94. The van der Waals surface area contributed by atoms with Crippen molar-refractivity contribution in [2.75, 3.05) is 12.0 Å². The molecule has 0 radical (unpaired) electrons. The molecule has 0 spiro atoms. The van der Waals surface area contributed by atoms with Gasteiger partial charge in [0, 0.05) is 23.6 Å². The van der Waals surface area contributed by atoms with Gasteiger partial charge in [-0.05, 0) is 61.0 Å². The minimum atomic E-state index is -0.179. The van der Waals surface area contributed by atoms with Crippen LogP contribution in [0.25, 0.3) is 11.3 Å². The van der Waals surface area contributed by atoms with Crippen LogP contribution in [0.1, 0.15) is 33.9 Å². The van der Waals surface area contributed by atoms with Crippen molar-refractivity contribution < 1.29 is 18.7 Å². The molecule has 1 N–H and O–H groups in total. The summed E-state index contributed by atoms with van der Waals surface area (Å²) in [6.45, 7) is 3.15. The first-order valence-electron chi connectivity index (χ1n) is 11.5. The molecule has 0 fully saturated rings. The van der Waals surface area contributed by atoms with E-state index in [1.807, 2.05) is 66.2 Å². The highest BCUT2D eigenvalue weighted by molar-refractivity contribution is 5.95. The summed E-state index contributed by atoms with van der Waals surface area (Å²) < 4.78 is 12.6. The fourth-order valence-electron chi connectivity index (χ4n) is 4.12. The average molecular weight is 471 g/mol. The van der Waals surface area contributed by atoms with Crippen molar-refractivity contribution in [3.8, 4) is 17.0 Å². The SMILES string of the molecule is COc1ccc(-c2cc3n(n2)CCC(=O)N3Cc2ccc(C(=O)NCc3ccc(C)o3)cc2)cc1. The number of furan rings is 1. The Morgan fingerprint density at radius 1 is 1.09 bits per heavy atom. The molecule has 8 heteroatoms. The number of hydrogen-bond donors (Lipinski definition) is 1. The highest BCUT2D eigenvalue weighted by Gasteiger charge is 2.26. The molecule has 35 heavy (non-hydrogen) atoms. The monoisotopic (exact) mass is 470 g/mol. The van der Waals surface area contributed by atoms with E-state index in [1.165, 1.54) is 0 Å². The number of nitrogens with zero attached hydrogens (tertiary/aromatic N) is 3. The molecule has 3 heterocycles. The van der Waals surface area contributed by atoms with E-state index >= 15 is 0 Å². The third kappa shape index (κ3) is 4.82. The number of ether oxygens (including phenoxy) is 1. The van der Waals surface area contributed by atoms with E-state index in [0.29, 0.717) is 37.4 Å². The number of benzene rings is 2. The van der Waals surface area contributed by atoms with Crippen LogP contribution >= 0.6 is 0 Å². The minimum absolute atomic E-state index is 0.0502. The van der Waals surface area contributed by atoms with Crippen LogP contribution in [-0.2, 0) is 24.4 Å². The van der Waals surface area contributed by atoms with Gasteiger partial charge in [0.15, 0.2) is 0 Å². The van der Waals surface area contributed by atoms with Gasteiger partial charge >= 0.3 is 0 Å². The van der Waals surface area contributed by atoms with Crippen molar-refractivity contribution in [2.24, 2.45) is 0 Å². The second-order valence-corrected chi connectivity index (χ2v) is 8.46. The molecule has 2 aromatic heterocycles. The number of amides is 2. The van der Waals surface area contributed by atoms with Gasteiger partial charge < -0.3 is 14.5 Å². The van der Waals surface area contributed by atoms with Crippen molar-refractivity contribution in [3.63, 3.8) is 0 Å². The number of methoxy groups -OCH3 is 1. The van der Waals surface area contributed by atoms with E-state index in [2.05, 4.69) is 5.32 Å². The van der Waals surface area contributed by atoms with E-state index in [-0.39, 0.29) is 11.8 Å². The third-order valence-corrected chi connectivity index (χ3v) is 6.04. The lowest BCUT2D eigenvalue weighted by molar-refractivity contribution is -0.119. The molecule has 0 atom stereocenters. The van der Waals surface area contributed by atoms with Crippen LogP contribution in [0.3, 0.4) is 0 Å². The zero-order valence-electron chi connectivity index (χ0n) is 19.7. The van der Waals surface area contributed by atoms with E-state index < -0.39 is 0 Å². The summed E-state index contributed by atoms with van der Waals surface area (Å²) in [5, 5.41) is 7.57. The second kappa shape index (κ2) is 9.50. The average Bonchev–Trinajstić information content (AvgIpc) is 3.51. The van der Waals surface area contributed by atoms with Crippen LogP contribution < -0.4 is 15.0 Å². The minimum Gasteiger partial charge on any atom is -0.497 e. The van der Waals surface area contributed by atoms with Crippen molar-refractivity contribution in [1.82, 2.24) is 15.1 Å².